The molecule has 0 atom stereocenters. The Morgan fingerprint density at radius 2 is 1.66 bits per heavy atom. The van der Waals surface area contributed by atoms with Gasteiger partial charge in [0.2, 0.25) is 10.0 Å². The number of methoxy groups -OCH3 is 2. The van der Waals surface area contributed by atoms with Crippen molar-refractivity contribution >= 4 is 15.7 Å². The van der Waals surface area contributed by atoms with Crippen LogP contribution in [0.25, 0.3) is 0 Å². The highest BCUT2D eigenvalue weighted by Gasteiger charge is 2.29. The Hall–Kier alpha value is -2.69. The lowest BCUT2D eigenvalue weighted by molar-refractivity contribution is -0.384. The Bertz CT molecular complexity index is 970. The Balaban J connectivity index is 1.66. The first-order chi connectivity index (χ1) is 13.8. The van der Waals surface area contributed by atoms with Gasteiger partial charge in [0.15, 0.2) is 0 Å². The molecular weight excluding hydrogens is 398 g/mol. The zero-order valence-electron chi connectivity index (χ0n) is 16.3. The smallest absolute Gasteiger partial charge is 0.269 e. The van der Waals surface area contributed by atoms with Gasteiger partial charge in [0.25, 0.3) is 5.69 Å². The summed E-state index contributed by atoms with van der Waals surface area (Å²) in [5.74, 6) is 1.49. The maximum Gasteiger partial charge on any atom is 0.269 e. The molecule has 1 saturated heterocycles. The number of non-ortho nitro benzene ring substituents is 1. The van der Waals surface area contributed by atoms with Crippen LogP contribution in [0.1, 0.15) is 5.56 Å². The predicted octanol–water partition coefficient (Wildman–Crippen LogP) is 2.12. The van der Waals surface area contributed by atoms with E-state index in [2.05, 4.69) is 4.90 Å². The molecule has 0 spiro atoms. The third-order valence-corrected chi connectivity index (χ3v) is 6.81. The lowest BCUT2D eigenvalue weighted by atomic mass is 10.1. The minimum absolute atomic E-state index is 0.0611. The van der Waals surface area contributed by atoms with Crippen LogP contribution in [-0.4, -0.2) is 62.9 Å². The number of ether oxygens (including phenoxy) is 2. The molecule has 0 aromatic heterocycles. The normalized spacial score (nSPS) is 15.8. The summed E-state index contributed by atoms with van der Waals surface area (Å²) in [5.41, 5.74) is 0.833. The Morgan fingerprint density at radius 1 is 1.00 bits per heavy atom. The molecule has 10 heteroatoms. The first kappa shape index (κ1) is 21.0. The summed E-state index contributed by atoms with van der Waals surface area (Å²) < 4.78 is 37.7. The maximum atomic E-state index is 12.8. The van der Waals surface area contributed by atoms with E-state index in [1.54, 1.807) is 14.2 Å². The molecule has 1 heterocycles. The molecule has 2 aromatic carbocycles. The fourth-order valence-electron chi connectivity index (χ4n) is 3.26. The number of nitro benzene ring substituents is 1. The van der Waals surface area contributed by atoms with Crippen LogP contribution in [0.2, 0.25) is 0 Å². The fraction of sp³-hybridized carbons (Fsp3) is 0.368. The second-order valence-corrected chi connectivity index (χ2v) is 8.55. The van der Waals surface area contributed by atoms with Crippen molar-refractivity contribution < 1.29 is 22.8 Å². The van der Waals surface area contributed by atoms with Gasteiger partial charge in [-0.1, -0.05) is 0 Å². The third kappa shape index (κ3) is 4.66. The van der Waals surface area contributed by atoms with Gasteiger partial charge in [0, 0.05) is 50.4 Å². The van der Waals surface area contributed by atoms with Gasteiger partial charge in [-0.05, 0) is 30.3 Å². The molecule has 3 rings (SSSR count). The van der Waals surface area contributed by atoms with Crippen LogP contribution in [0.3, 0.4) is 0 Å². The van der Waals surface area contributed by atoms with Crippen molar-refractivity contribution in [2.75, 3.05) is 40.4 Å². The Kier molecular flexibility index (Phi) is 6.36. The van der Waals surface area contributed by atoms with Gasteiger partial charge in [0.05, 0.1) is 24.0 Å². The van der Waals surface area contributed by atoms with Crippen molar-refractivity contribution in [1.29, 1.82) is 0 Å². The highest BCUT2D eigenvalue weighted by molar-refractivity contribution is 7.89. The van der Waals surface area contributed by atoms with Gasteiger partial charge < -0.3 is 9.47 Å². The van der Waals surface area contributed by atoms with Gasteiger partial charge in [-0.3, -0.25) is 15.0 Å². The van der Waals surface area contributed by atoms with E-state index in [0.29, 0.717) is 32.7 Å². The minimum Gasteiger partial charge on any atom is -0.497 e. The van der Waals surface area contributed by atoms with Crippen LogP contribution < -0.4 is 9.47 Å². The lowest BCUT2D eigenvalue weighted by Gasteiger charge is -2.34. The van der Waals surface area contributed by atoms with Gasteiger partial charge in [0.1, 0.15) is 11.5 Å². The second kappa shape index (κ2) is 8.76. The molecule has 1 aliphatic heterocycles. The molecule has 0 amide bonds. The second-order valence-electron chi connectivity index (χ2n) is 6.61. The van der Waals surface area contributed by atoms with Crippen molar-refractivity contribution in [2.45, 2.75) is 11.4 Å². The van der Waals surface area contributed by atoms with E-state index < -0.39 is 14.9 Å². The summed E-state index contributed by atoms with van der Waals surface area (Å²) in [6, 6.07) is 10.6. The van der Waals surface area contributed by atoms with Gasteiger partial charge >= 0.3 is 0 Å². The number of nitrogens with zero attached hydrogens (tertiary/aromatic N) is 3. The maximum absolute atomic E-state index is 12.8. The number of sulfonamides is 1. The summed E-state index contributed by atoms with van der Waals surface area (Å²) >= 11 is 0. The van der Waals surface area contributed by atoms with Crippen molar-refractivity contribution in [1.82, 2.24) is 9.21 Å². The summed E-state index contributed by atoms with van der Waals surface area (Å²) in [4.78, 5) is 12.4. The first-order valence-corrected chi connectivity index (χ1v) is 10.5. The van der Waals surface area contributed by atoms with Crippen molar-refractivity contribution in [3.63, 3.8) is 0 Å². The number of benzene rings is 2. The van der Waals surface area contributed by atoms with E-state index in [1.807, 2.05) is 18.2 Å². The fourth-order valence-corrected chi connectivity index (χ4v) is 4.69. The monoisotopic (exact) mass is 421 g/mol. The molecular formula is C19H23N3O6S. The summed E-state index contributed by atoms with van der Waals surface area (Å²) in [7, 11) is -0.469. The zero-order valence-corrected chi connectivity index (χ0v) is 17.1. The quantitative estimate of drug-likeness (QED) is 0.498. The van der Waals surface area contributed by atoms with Crippen LogP contribution >= 0.6 is 0 Å². The molecule has 0 saturated carbocycles. The SMILES string of the molecule is COc1ccc(OC)c(CN2CCN(S(=O)(=O)c3ccc([N+](=O)[O-])cc3)CC2)c1. The molecule has 0 radical (unpaired) electrons. The molecule has 0 bridgehead atoms. The van der Waals surface area contributed by atoms with E-state index in [4.69, 9.17) is 9.47 Å². The van der Waals surface area contributed by atoms with E-state index in [-0.39, 0.29) is 10.6 Å². The molecule has 9 nitrogen and oxygen atoms in total. The molecule has 0 N–H and O–H groups in total. The standard InChI is InChI=1S/C19H23N3O6S/c1-27-17-5-8-19(28-2)15(13-17)14-20-9-11-21(12-10-20)29(25,26)18-6-3-16(4-7-18)22(23)24/h3-8,13H,9-12,14H2,1-2H3. The largest absolute Gasteiger partial charge is 0.497 e. The summed E-state index contributed by atoms with van der Waals surface area (Å²) in [5, 5.41) is 10.8. The molecule has 2 aromatic rings. The number of piperazine rings is 1. The number of hydrogen-bond donors (Lipinski definition) is 0. The molecule has 0 unspecified atom stereocenters. The molecule has 1 aliphatic rings. The zero-order chi connectivity index (χ0) is 21.0. The number of hydrogen-bond acceptors (Lipinski definition) is 7. The highest BCUT2D eigenvalue weighted by atomic mass is 32.2. The topological polar surface area (TPSA) is 102 Å². The van der Waals surface area contributed by atoms with Gasteiger partial charge in [-0.25, -0.2) is 8.42 Å². The summed E-state index contributed by atoms with van der Waals surface area (Å²) in [6.45, 7) is 2.42. The average molecular weight is 421 g/mol. The minimum atomic E-state index is -3.68. The first-order valence-electron chi connectivity index (χ1n) is 9.03. The summed E-state index contributed by atoms with van der Waals surface area (Å²) in [6.07, 6.45) is 0. The van der Waals surface area contributed by atoms with Crippen molar-refractivity contribution in [3.05, 3.63) is 58.1 Å². The van der Waals surface area contributed by atoms with E-state index >= 15 is 0 Å². The van der Waals surface area contributed by atoms with Crippen LogP contribution in [0, 0.1) is 10.1 Å². The molecule has 156 valence electrons. The predicted molar refractivity (Wildman–Crippen MR) is 107 cm³/mol. The average Bonchev–Trinajstić information content (AvgIpc) is 2.74. The number of rotatable bonds is 7. The number of nitro groups is 1. The van der Waals surface area contributed by atoms with E-state index in [9.17, 15) is 18.5 Å². The van der Waals surface area contributed by atoms with E-state index in [1.165, 1.54) is 28.6 Å². The molecule has 1 fully saturated rings. The van der Waals surface area contributed by atoms with Crippen LogP contribution in [-0.2, 0) is 16.6 Å². The van der Waals surface area contributed by atoms with E-state index in [0.717, 1.165) is 17.1 Å². The Morgan fingerprint density at radius 3 is 2.21 bits per heavy atom. The molecule has 0 aliphatic carbocycles. The van der Waals surface area contributed by atoms with Crippen LogP contribution in [0.15, 0.2) is 47.4 Å². The van der Waals surface area contributed by atoms with Crippen molar-refractivity contribution in [3.8, 4) is 11.5 Å². The lowest BCUT2D eigenvalue weighted by Crippen LogP contribution is -2.48. The van der Waals surface area contributed by atoms with Crippen LogP contribution in [0.4, 0.5) is 5.69 Å². The van der Waals surface area contributed by atoms with Crippen LogP contribution in [0.5, 0.6) is 11.5 Å². The van der Waals surface area contributed by atoms with Gasteiger partial charge in [-0.15, -0.1) is 0 Å². The third-order valence-electron chi connectivity index (χ3n) is 4.90. The Labute approximate surface area is 169 Å². The van der Waals surface area contributed by atoms with Crippen molar-refractivity contribution in [2.24, 2.45) is 0 Å². The van der Waals surface area contributed by atoms with Gasteiger partial charge in [-0.2, -0.15) is 4.31 Å². The molecule has 29 heavy (non-hydrogen) atoms. The highest BCUT2D eigenvalue weighted by Crippen LogP contribution is 2.26.